The molecule has 0 spiro atoms. The summed E-state index contributed by atoms with van der Waals surface area (Å²) in [6.45, 7) is 5.62. The predicted molar refractivity (Wildman–Crippen MR) is 172 cm³/mol. The van der Waals surface area contributed by atoms with Gasteiger partial charge in [-0.15, -0.1) is 0 Å². The first-order valence-corrected chi connectivity index (χ1v) is 15.9. The van der Waals surface area contributed by atoms with Crippen LogP contribution in [0.3, 0.4) is 0 Å². The van der Waals surface area contributed by atoms with E-state index < -0.39 is 28.5 Å². The number of anilines is 1. The van der Waals surface area contributed by atoms with E-state index in [1.807, 2.05) is 75.4 Å². The average Bonchev–Trinajstić information content (AvgIpc) is 3.00. The lowest BCUT2D eigenvalue weighted by atomic mass is 10.0. The molecule has 4 aromatic rings. The lowest BCUT2D eigenvalue weighted by Crippen LogP contribution is -2.53. The van der Waals surface area contributed by atoms with E-state index in [1.165, 1.54) is 17.0 Å². The molecule has 0 fully saturated rings. The van der Waals surface area contributed by atoms with Gasteiger partial charge in [-0.05, 0) is 73.9 Å². The Morgan fingerprint density at radius 1 is 0.837 bits per heavy atom. The van der Waals surface area contributed by atoms with Crippen molar-refractivity contribution in [1.82, 2.24) is 10.2 Å². The van der Waals surface area contributed by atoms with Gasteiger partial charge in [0.25, 0.3) is 10.0 Å². The number of carbonyl (C=O) groups is 2. The molecule has 0 radical (unpaired) electrons. The van der Waals surface area contributed by atoms with E-state index in [0.29, 0.717) is 11.6 Å². The number of likely N-dealkylation sites (N-methyl/N-ethyl adjacent to an activating group) is 1. The number of aryl methyl sites for hydroxylation is 2. The van der Waals surface area contributed by atoms with Crippen LogP contribution in [-0.4, -0.2) is 44.3 Å². The Kier molecular flexibility index (Phi) is 10.6. The van der Waals surface area contributed by atoms with Crippen LogP contribution in [0.25, 0.3) is 0 Å². The monoisotopic (exact) mass is 617 g/mol. The molecular weight excluding hydrogens is 582 g/mol. The van der Waals surface area contributed by atoms with Crippen molar-refractivity contribution in [3.05, 3.63) is 130 Å². The Morgan fingerprint density at radius 3 is 2.09 bits per heavy atom. The summed E-state index contributed by atoms with van der Waals surface area (Å²) >= 11 is 6.12. The first-order chi connectivity index (χ1) is 20.6. The fourth-order valence-electron chi connectivity index (χ4n) is 4.79. The van der Waals surface area contributed by atoms with Crippen molar-refractivity contribution < 1.29 is 18.0 Å². The first kappa shape index (κ1) is 31.8. The maximum atomic E-state index is 14.4. The fourth-order valence-corrected chi connectivity index (χ4v) is 6.33. The van der Waals surface area contributed by atoms with Gasteiger partial charge in [-0.2, -0.15) is 0 Å². The minimum Gasteiger partial charge on any atom is -0.355 e. The Labute approximate surface area is 259 Å². The van der Waals surface area contributed by atoms with Crippen LogP contribution >= 0.6 is 11.6 Å². The maximum Gasteiger partial charge on any atom is 0.264 e. The van der Waals surface area contributed by atoms with E-state index in [0.717, 1.165) is 26.6 Å². The fraction of sp³-hybridized carbons (Fsp3) is 0.235. The molecule has 0 aliphatic carbocycles. The number of halogens is 1. The average molecular weight is 618 g/mol. The predicted octanol–water partition coefficient (Wildman–Crippen LogP) is 5.93. The highest BCUT2D eigenvalue weighted by Crippen LogP contribution is 2.27. The summed E-state index contributed by atoms with van der Waals surface area (Å²) in [7, 11) is -4.17. The molecule has 7 nitrogen and oxygen atoms in total. The molecule has 0 heterocycles. The number of carbonyl (C=O) groups excluding carboxylic acids is 2. The van der Waals surface area contributed by atoms with Gasteiger partial charge in [-0.1, -0.05) is 83.9 Å². The quantitative estimate of drug-likeness (QED) is 0.214. The molecule has 1 atom stereocenters. The number of rotatable bonds is 12. The van der Waals surface area contributed by atoms with Crippen LogP contribution in [0.15, 0.2) is 108 Å². The highest BCUT2D eigenvalue weighted by molar-refractivity contribution is 7.92. The zero-order valence-corrected chi connectivity index (χ0v) is 26.1. The molecule has 2 amide bonds. The van der Waals surface area contributed by atoms with Gasteiger partial charge in [0.1, 0.15) is 12.6 Å². The van der Waals surface area contributed by atoms with Crippen molar-refractivity contribution in [2.75, 3.05) is 17.4 Å². The molecule has 4 rings (SSSR count). The Balaban J connectivity index is 1.80. The number of amides is 2. The zero-order valence-electron chi connectivity index (χ0n) is 24.5. The number of nitrogens with zero attached hydrogens (tertiary/aromatic N) is 2. The molecule has 0 aliphatic heterocycles. The summed E-state index contributed by atoms with van der Waals surface area (Å²) in [4.78, 5) is 29.5. The molecular formula is C34H36ClN3O4S. The van der Waals surface area contributed by atoms with E-state index in [-0.39, 0.29) is 29.5 Å². The number of nitrogens with one attached hydrogen (secondary N) is 1. The van der Waals surface area contributed by atoms with E-state index in [4.69, 9.17) is 11.6 Å². The van der Waals surface area contributed by atoms with Gasteiger partial charge in [0, 0.05) is 24.5 Å². The van der Waals surface area contributed by atoms with Crippen LogP contribution in [0.1, 0.15) is 29.2 Å². The Hall–Kier alpha value is -4.14. The second kappa shape index (κ2) is 14.4. The van der Waals surface area contributed by atoms with Gasteiger partial charge in [-0.25, -0.2) is 8.42 Å². The minimum absolute atomic E-state index is 0.0517. The summed E-state index contributed by atoms with van der Waals surface area (Å²) < 4.78 is 29.2. The SMILES string of the molecule is CCNC(=O)[C@H](Cc1ccccc1)N(Cc1ccccc1C)C(=O)CN(c1ccc(Cl)cc1)S(=O)(=O)c1ccc(C)cc1. The normalized spacial score (nSPS) is 11.9. The van der Waals surface area contributed by atoms with Crippen molar-refractivity contribution in [3.8, 4) is 0 Å². The van der Waals surface area contributed by atoms with Crippen LogP contribution in [0, 0.1) is 13.8 Å². The second-order valence-electron chi connectivity index (χ2n) is 10.3. The van der Waals surface area contributed by atoms with E-state index in [2.05, 4.69) is 5.32 Å². The van der Waals surface area contributed by atoms with Crippen LogP contribution in [0.4, 0.5) is 5.69 Å². The number of benzene rings is 4. The molecule has 0 aliphatic rings. The van der Waals surface area contributed by atoms with E-state index in [1.54, 1.807) is 36.4 Å². The van der Waals surface area contributed by atoms with Gasteiger partial charge in [-0.3, -0.25) is 13.9 Å². The van der Waals surface area contributed by atoms with E-state index in [9.17, 15) is 18.0 Å². The molecule has 1 N–H and O–H groups in total. The molecule has 0 unspecified atom stereocenters. The summed E-state index contributed by atoms with van der Waals surface area (Å²) in [5.41, 5.74) is 3.88. The molecule has 4 aromatic carbocycles. The topological polar surface area (TPSA) is 86.8 Å². The first-order valence-electron chi connectivity index (χ1n) is 14.1. The van der Waals surface area contributed by atoms with Gasteiger partial charge in [0.15, 0.2) is 0 Å². The number of hydrogen-bond donors (Lipinski definition) is 1. The standard InChI is InChI=1S/C34H36ClN3O4S/c1-4-36-34(40)32(22-27-11-6-5-7-12-27)37(23-28-13-9-8-10-26(28)3)33(39)24-38(30-18-16-29(35)17-19-30)43(41,42)31-20-14-25(2)15-21-31/h5-21,32H,4,22-24H2,1-3H3,(H,36,40)/t32-/m0/s1. The Morgan fingerprint density at radius 2 is 1.47 bits per heavy atom. The van der Waals surface area contributed by atoms with Crippen molar-refractivity contribution in [2.24, 2.45) is 0 Å². The lowest BCUT2D eigenvalue weighted by molar-refractivity contribution is -0.140. The third kappa shape index (κ3) is 8.03. The van der Waals surface area contributed by atoms with Crippen molar-refractivity contribution in [2.45, 2.75) is 44.7 Å². The smallest absolute Gasteiger partial charge is 0.264 e. The Bertz CT molecular complexity index is 1640. The maximum absolute atomic E-state index is 14.4. The minimum atomic E-state index is -4.17. The summed E-state index contributed by atoms with van der Waals surface area (Å²) in [5.74, 6) is -0.825. The molecule has 43 heavy (non-hydrogen) atoms. The lowest BCUT2D eigenvalue weighted by Gasteiger charge is -2.34. The van der Waals surface area contributed by atoms with Crippen LogP contribution in [0.5, 0.6) is 0 Å². The molecule has 9 heteroatoms. The molecule has 0 saturated carbocycles. The molecule has 0 aromatic heterocycles. The van der Waals surface area contributed by atoms with Gasteiger partial charge < -0.3 is 10.2 Å². The van der Waals surface area contributed by atoms with Crippen molar-refractivity contribution in [1.29, 1.82) is 0 Å². The van der Waals surface area contributed by atoms with Crippen molar-refractivity contribution in [3.63, 3.8) is 0 Å². The van der Waals surface area contributed by atoms with Gasteiger partial charge in [0.2, 0.25) is 11.8 Å². The third-order valence-corrected chi connectivity index (χ3v) is 9.27. The highest BCUT2D eigenvalue weighted by atomic mass is 35.5. The van der Waals surface area contributed by atoms with Gasteiger partial charge >= 0.3 is 0 Å². The molecule has 224 valence electrons. The summed E-state index contributed by atoms with van der Waals surface area (Å²) in [5, 5.41) is 3.31. The van der Waals surface area contributed by atoms with E-state index >= 15 is 0 Å². The molecule has 0 saturated heterocycles. The largest absolute Gasteiger partial charge is 0.355 e. The second-order valence-corrected chi connectivity index (χ2v) is 12.6. The molecule has 0 bridgehead atoms. The number of hydrogen-bond acceptors (Lipinski definition) is 4. The van der Waals surface area contributed by atoms with Gasteiger partial charge in [0.05, 0.1) is 10.6 Å². The van der Waals surface area contributed by atoms with Crippen LogP contribution < -0.4 is 9.62 Å². The highest BCUT2D eigenvalue weighted by Gasteiger charge is 2.34. The van der Waals surface area contributed by atoms with Crippen molar-refractivity contribution >= 4 is 39.1 Å². The van der Waals surface area contributed by atoms with Crippen LogP contribution in [0.2, 0.25) is 5.02 Å². The summed E-state index contributed by atoms with van der Waals surface area (Å²) in [6, 6.07) is 29.0. The van der Waals surface area contributed by atoms with Crippen LogP contribution in [-0.2, 0) is 32.6 Å². The number of sulfonamides is 1. The zero-order chi connectivity index (χ0) is 31.0. The third-order valence-electron chi connectivity index (χ3n) is 7.23. The summed E-state index contributed by atoms with van der Waals surface area (Å²) in [6.07, 6.45) is 0.260.